The summed E-state index contributed by atoms with van der Waals surface area (Å²) in [6.07, 6.45) is 10.2. The van der Waals surface area contributed by atoms with Crippen molar-refractivity contribution in [3.05, 3.63) is 0 Å². The van der Waals surface area contributed by atoms with Crippen LogP contribution in [-0.2, 0) is 28.5 Å². The number of ether oxygens (including phenoxy) is 4. The Morgan fingerprint density at radius 3 is 2.30 bits per heavy atom. The van der Waals surface area contributed by atoms with E-state index in [1.54, 1.807) is 6.92 Å². The van der Waals surface area contributed by atoms with Gasteiger partial charge in [-0.3, -0.25) is 9.59 Å². The van der Waals surface area contributed by atoms with Gasteiger partial charge in [0.05, 0.1) is 12.7 Å². The molecule has 6 heteroatoms. The topological polar surface area (TPSA) is 71.1 Å². The molecule has 4 aliphatic carbocycles. The summed E-state index contributed by atoms with van der Waals surface area (Å²) < 4.78 is 25.0. The van der Waals surface area contributed by atoms with Crippen LogP contribution in [0.15, 0.2) is 0 Å². The van der Waals surface area contributed by atoms with Crippen LogP contribution >= 0.6 is 0 Å². The van der Waals surface area contributed by atoms with E-state index in [9.17, 15) is 9.59 Å². The molecule has 6 aliphatic rings. The van der Waals surface area contributed by atoms with Gasteiger partial charge < -0.3 is 18.9 Å². The van der Waals surface area contributed by atoms with Crippen molar-refractivity contribution in [2.45, 2.75) is 123 Å². The average molecular weight is 517 g/mol. The number of carbonyl (C=O) groups is 2. The molecule has 208 valence electrons. The molecule has 0 bridgehead atoms. The maximum atomic E-state index is 12.0. The van der Waals surface area contributed by atoms with E-state index in [0.29, 0.717) is 35.7 Å². The first-order valence-corrected chi connectivity index (χ1v) is 15.1. The maximum Gasteiger partial charge on any atom is 0.303 e. The Morgan fingerprint density at radius 2 is 1.57 bits per heavy atom. The lowest BCUT2D eigenvalue weighted by Crippen LogP contribution is -2.58. The van der Waals surface area contributed by atoms with E-state index < -0.39 is 5.79 Å². The zero-order chi connectivity index (χ0) is 26.3. The summed E-state index contributed by atoms with van der Waals surface area (Å²) in [6, 6.07) is 0. The second kappa shape index (κ2) is 8.94. The molecule has 0 aromatic heterocycles. The summed E-state index contributed by atoms with van der Waals surface area (Å²) in [7, 11) is 0. The van der Waals surface area contributed by atoms with Gasteiger partial charge in [0.15, 0.2) is 6.10 Å². The first kappa shape index (κ1) is 26.1. The van der Waals surface area contributed by atoms with Crippen LogP contribution in [0.5, 0.6) is 0 Å². The Kier molecular flexibility index (Phi) is 6.31. The second-order valence-electron chi connectivity index (χ2n) is 14.4. The van der Waals surface area contributed by atoms with E-state index in [-0.39, 0.29) is 41.6 Å². The first-order chi connectivity index (χ1) is 17.5. The third-order valence-corrected chi connectivity index (χ3v) is 12.5. The summed E-state index contributed by atoms with van der Waals surface area (Å²) in [5.41, 5.74) is 0.593. The van der Waals surface area contributed by atoms with E-state index in [0.717, 1.165) is 37.5 Å². The molecule has 6 nitrogen and oxygen atoms in total. The summed E-state index contributed by atoms with van der Waals surface area (Å²) in [6.45, 7) is 13.3. The molecule has 0 radical (unpaired) electrons. The van der Waals surface area contributed by atoms with Gasteiger partial charge in [-0.2, -0.15) is 0 Å². The van der Waals surface area contributed by atoms with E-state index in [1.165, 1.54) is 39.0 Å². The van der Waals surface area contributed by atoms with Gasteiger partial charge in [-0.15, -0.1) is 0 Å². The lowest BCUT2D eigenvalue weighted by Gasteiger charge is -2.61. The van der Waals surface area contributed by atoms with Gasteiger partial charge in [-0.1, -0.05) is 27.7 Å². The summed E-state index contributed by atoms with van der Waals surface area (Å²) in [5, 5.41) is 0. The highest BCUT2D eigenvalue weighted by molar-refractivity contribution is 5.66. The molecule has 0 N–H and O–H groups in total. The molecule has 2 saturated heterocycles. The second-order valence-corrected chi connectivity index (χ2v) is 14.4. The van der Waals surface area contributed by atoms with Crippen LogP contribution in [-0.4, -0.2) is 42.6 Å². The predicted octanol–water partition coefficient (Wildman–Crippen LogP) is 5.91. The highest BCUT2D eigenvalue weighted by atomic mass is 16.7. The lowest BCUT2D eigenvalue weighted by molar-refractivity contribution is -0.318. The molecular weight excluding hydrogens is 468 g/mol. The number of fused-ring (bicyclic) bond motifs is 7. The smallest absolute Gasteiger partial charge is 0.303 e. The van der Waals surface area contributed by atoms with Gasteiger partial charge in [0.2, 0.25) is 5.79 Å². The summed E-state index contributed by atoms with van der Waals surface area (Å²) >= 11 is 0. The van der Waals surface area contributed by atoms with Crippen molar-refractivity contribution in [3.63, 3.8) is 0 Å². The fourth-order valence-electron chi connectivity index (χ4n) is 11.0. The van der Waals surface area contributed by atoms with Crippen LogP contribution in [0, 0.1) is 52.3 Å². The third-order valence-electron chi connectivity index (χ3n) is 12.5. The van der Waals surface area contributed by atoms with Crippen LogP contribution in [0.2, 0.25) is 0 Å². The highest BCUT2D eigenvalue weighted by Gasteiger charge is 2.71. The molecular formula is C31H48O6. The molecule has 2 aliphatic heterocycles. The van der Waals surface area contributed by atoms with Gasteiger partial charge in [-0.25, -0.2) is 0 Å². The normalized spacial score (nSPS) is 54.5. The SMILES string of the molecule is CC(=O)O[C@@H]1CC[C@@]2(C)[C@H](CC[C@@H]3[C@@H]2CC[C@]2(C)[C@@H]4[C@H](C[C@@H]32)O[C@@]2(OC[C@H](C)C[C@H]2OC(C)=O)[C@H]4C)C1. The first-order valence-electron chi connectivity index (χ1n) is 15.1. The molecule has 6 rings (SSSR count). The third kappa shape index (κ3) is 3.85. The molecule has 0 unspecified atom stereocenters. The Bertz CT molecular complexity index is 935. The fraction of sp³-hybridized carbons (Fsp3) is 0.935. The number of carbonyl (C=O) groups excluding carboxylic acids is 2. The van der Waals surface area contributed by atoms with Crippen LogP contribution < -0.4 is 0 Å². The van der Waals surface area contributed by atoms with Gasteiger partial charge in [0.25, 0.3) is 0 Å². The van der Waals surface area contributed by atoms with Crippen LogP contribution in [0.4, 0.5) is 0 Å². The monoisotopic (exact) mass is 516 g/mol. The molecule has 2 heterocycles. The Balaban J connectivity index is 1.22. The Hall–Kier alpha value is -1.14. The molecule has 1 spiro atoms. The van der Waals surface area contributed by atoms with Crippen LogP contribution in [0.1, 0.15) is 99.3 Å². The van der Waals surface area contributed by atoms with E-state index in [4.69, 9.17) is 18.9 Å². The van der Waals surface area contributed by atoms with Gasteiger partial charge >= 0.3 is 11.9 Å². The predicted molar refractivity (Wildman–Crippen MR) is 138 cm³/mol. The number of rotatable bonds is 2. The molecule has 4 saturated carbocycles. The molecule has 37 heavy (non-hydrogen) atoms. The van der Waals surface area contributed by atoms with Crippen molar-refractivity contribution in [1.29, 1.82) is 0 Å². The van der Waals surface area contributed by atoms with Gasteiger partial charge in [0, 0.05) is 19.8 Å². The van der Waals surface area contributed by atoms with E-state index in [2.05, 4.69) is 27.7 Å². The van der Waals surface area contributed by atoms with Crippen LogP contribution in [0.3, 0.4) is 0 Å². The summed E-state index contributed by atoms with van der Waals surface area (Å²) in [5.74, 6) is 2.68. The zero-order valence-electron chi connectivity index (χ0n) is 23.8. The van der Waals surface area contributed by atoms with Crippen molar-refractivity contribution in [1.82, 2.24) is 0 Å². The Labute approximate surface area is 222 Å². The minimum absolute atomic E-state index is 0.112. The minimum Gasteiger partial charge on any atom is -0.463 e. The Morgan fingerprint density at radius 1 is 0.838 bits per heavy atom. The minimum atomic E-state index is -0.795. The quantitative estimate of drug-likeness (QED) is 0.425. The molecule has 0 aromatic rings. The van der Waals surface area contributed by atoms with Crippen molar-refractivity contribution in [2.24, 2.45) is 52.3 Å². The largest absolute Gasteiger partial charge is 0.463 e. The van der Waals surface area contributed by atoms with Gasteiger partial charge in [0.1, 0.15) is 6.10 Å². The molecule has 13 atom stereocenters. The van der Waals surface area contributed by atoms with Crippen LogP contribution in [0.25, 0.3) is 0 Å². The van der Waals surface area contributed by atoms with Crippen molar-refractivity contribution >= 4 is 11.9 Å². The number of hydrogen-bond donors (Lipinski definition) is 0. The van der Waals surface area contributed by atoms with E-state index in [1.807, 2.05) is 0 Å². The number of esters is 2. The maximum absolute atomic E-state index is 12.0. The number of hydrogen-bond acceptors (Lipinski definition) is 6. The van der Waals surface area contributed by atoms with Crippen molar-refractivity contribution < 1.29 is 28.5 Å². The summed E-state index contributed by atoms with van der Waals surface area (Å²) in [4.78, 5) is 23.6. The zero-order valence-corrected chi connectivity index (χ0v) is 23.8. The lowest BCUT2D eigenvalue weighted by atomic mass is 9.44. The van der Waals surface area contributed by atoms with Crippen molar-refractivity contribution in [3.8, 4) is 0 Å². The molecule has 0 aromatic carbocycles. The van der Waals surface area contributed by atoms with E-state index >= 15 is 0 Å². The molecule has 0 amide bonds. The average Bonchev–Trinajstić information content (AvgIpc) is 3.27. The standard InChI is InChI=1S/C31H48O6/c1-17-13-27(36-20(4)33)31(34-16-17)18(2)28-26(37-31)15-25-23-8-7-21-14-22(35-19(3)32)9-11-29(21,5)24(23)10-12-30(25,28)6/h17-18,21-28H,7-16H2,1-6H3/t17-,18+,21-,22-,23-,24+,25+,26+,27-,28+,29+,30+,31+/m1/s1. The molecule has 6 fully saturated rings. The fourth-order valence-corrected chi connectivity index (χ4v) is 11.0. The van der Waals surface area contributed by atoms with Gasteiger partial charge in [-0.05, 0) is 104 Å². The van der Waals surface area contributed by atoms with Crippen molar-refractivity contribution in [2.75, 3.05) is 6.61 Å². The highest BCUT2D eigenvalue weighted by Crippen LogP contribution is 2.71.